The largest absolute Gasteiger partial charge is 0.492 e. The van der Waals surface area contributed by atoms with E-state index in [1.165, 1.54) is 12.1 Å². The molecule has 0 bridgehead atoms. The maximum Gasteiger partial charge on any atom is 0.227 e. The van der Waals surface area contributed by atoms with Gasteiger partial charge >= 0.3 is 0 Å². The fourth-order valence-electron chi connectivity index (χ4n) is 2.10. The lowest BCUT2D eigenvalue weighted by Crippen LogP contribution is -2.25. The normalized spacial score (nSPS) is 19.4. The van der Waals surface area contributed by atoms with Crippen molar-refractivity contribution in [3.8, 4) is 5.75 Å². The summed E-state index contributed by atoms with van der Waals surface area (Å²) >= 11 is 3.39. The maximum absolute atomic E-state index is 13.2. The van der Waals surface area contributed by atoms with Gasteiger partial charge in [-0.05, 0) is 25.0 Å². The van der Waals surface area contributed by atoms with Crippen molar-refractivity contribution in [2.75, 3.05) is 23.4 Å². The third-order valence-electron chi connectivity index (χ3n) is 2.94. The van der Waals surface area contributed by atoms with Crippen LogP contribution in [0.25, 0.3) is 0 Å². The molecule has 1 fully saturated rings. The molecule has 3 nitrogen and oxygen atoms in total. The van der Waals surface area contributed by atoms with Crippen molar-refractivity contribution in [1.82, 2.24) is 0 Å². The molecule has 1 heterocycles. The summed E-state index contributed by atoms with van der Waals surface area (Å²) in [5.41, 5.74) is 0.659. The zero-order chi connectivity index (χ0) is 13.1. The van der Waals surface area contributed by atoms with Crippen molar-refractivity contribution < 1.29 is 13.9 Å². The molecule has 2 rings (SSSR count). The Morgan fingerprint density at radius 3 is 2.94 bits per heavy atom. The third-order valence-corrected chi connectivity index (χ3v) is 3.85. The van der Waals surface area contributed by atoms with Crippen molar-refractivity contribution in [2.45, 2.75) is 13.3 Å². The number of alkyl halides is 1. The fraction of sp³-hybridized carbons (Fsp3) is 0.462. The second kappa shape index (κ2) is 5.69. The molecule has 1 amide bonds. The van der Waals surface area contributed by atoms with Gasteiger partial charge in [-0.1, -0.05) is 15.9 Å². The first-order chi connectivity index (χ1) is 8.65. The Balaban J connectivity index is 2.30. The number of carbonyl (C=O) groups excluding carboxylic acids is 1. The van der Waals surface area contributed by atoms with Gasteiger partial charge in [0.25, 0.3) is 0 Å². The molecule has 0 aromatic heterocycles. The molecule has 0 aliphatic carbocycles. The standard InChI is InChI=1S/C13H15BrFNO2/c1-2-18-12-6-10(15)3-4-11(12)16-8-9(7-14)5-13(16)17/h3-4,6,9H,2,5,7-8H2,1H3. The number of anilines is 1. The molecule has 18 heavy (non-hydrogen) atoms. The van der Waals surface area contributed by atoms with E-state index in [1.807, 2.05) is 6.92 Å². The number of benzene rings is 1. The molecule has 1 saturated heterocycles. The average molecular weight is 316 g/mol. The van der Waals surface area contributed by atoms with E-state index in [-0.39, 0.29) is 11.7 Å². The average Bonchev–Trinajstić information content (AvgIpc) is 2.71. The van der Waals surface area contributed by atoms with Gasteiger partial charge in [0.1, 0.15) is 11.6 Å². The SMILES string of the molecule is CCOc1cc(F)ccc1N1CC(CBr)CC1=O. The number of rotatable bonds is 4. The second-order valence-electron chi connectivity index (χ2n) is 4.27. The van der Waals surface area contributed by atoms with Gasteiger partial charge < -0.3 is 9.64 Å². The van der Waals surface area contributed by atoms with E-state index < -0.39 is 0 Å². The van der Waals surface area contributed by atoms with Crippen molar-refractivity contribution >= 4 is 27.5 Å². The van der Waals surface area contributed by atoms with Gasteiger partial charge in [-0.2, -0.15) is 0 Å². The van der Waals surface area contributed by atoms with Gasteiger partial charge in [0.15, 0.2) is 0 Å². The van der Waals surface area contributed by atoms with E-state index in [0.717, 1.165) is 5.33 Å². The summed E-state index contributed by atoms with van der Waals surface area (Å²) in [7, 11) is 0. The second-order valence-corrected chi connectivity index (χ2v) is 4.92. The lowest BCUT2D eigenvalue weighted by atomic mass is 10.2. The van der Waals surface area contributed by atoms with Crippen LogP contribution in [-0.4, -0.2) is 24.4 Å². The maximum atomic E-state index is 13.2. The van der Waals surface area contributed by atoms with Crippen molar-refractivity contribution in [1.29, 1.82) is 0 Å². The van der Waals surface area contributed by atoms with Gasteiger partial charge in [-0.3, -0.25) is 4.79 Å². The predicted octanol–water partition coefficient (Wildman–Crippen LogP) is 2.97. The molecule has 0 radical (unpaired) electrons. The number of hydrogen-bond acceptors (Lipinski definition) is 2. The van der Waals surface area contributed by atoms with Gasteiger partial charge in [-0.25, -0.2) is 4.39 Å². The van der Waals surface area contributed by atoms with E-state index in [4.69, 9.17) is 4.74 Å². The lowest BCUT2D eigenvalue weighted by molar-refractivity contribution is -0.117. The number of halogens is 2. The molecule has 1 atom stereocenters. The smallest absolute Gasteiger partial charge is 0.227 e. The molecule has 0 spiro atoms. The van der Waals surface area contributed by atoms with Gasteiger partial charge in [-0.15, -0.1) is 0 Å². The van der Waals surface area contributed by atoms with Crippen LogP contribution in [0.4, 0.5) is 10.1 Å². The molecule has 1 aromatic rings. The Kier molecular flexibility index (Phi) is 4.22. The number of carbonyl (C=O) groups is 1. The summed E-state index contributed by atoms with van der Waals surface area (Å²) in [6.07, 6.45) is 0.522. The van der Waals surface area contributed by atoms with Crippen LogP contribution in [0.5, 0.6) is 5.75 Å². The van der Waals surface area contributed by atoms with Crippen LogP contribution in [0.3, 0.4) is 0 Å². The first-order valence-corrected chi connectivity index (χ1v) is 7.06. The van der Waals surface area contributed by atoms with E-state index >= 15 is 0 Å². The van der Waals surface area contributed by atoms with Gasteiger partial charge in [0.05, 0.1) is 12.3 Å². The van der Waals surface area contributed by atoms with E-state index in [0.29, 0.717) is 36.9 Å². The summed E-state index contributed by atoms with van der Waals surface area (Å²) in [6.45, 7) is 2.93. The highest BCUT2D eigenvalue weighted by Crippen LogP contribution is 2.34. The molecule has 1 unspecified atom stereocenters. The number of ether oxygens (including phenoxy) is 1. The summed E-state index contributed by atoms with van der Waals surface area (Å²) < 4.78 is 18.6. The molecular formula is C13H15BrFNO2. The zero-order valence-corrected chi connectivity index (χ0v) is 11.7. The van der Waals surface area contributed by atoms with Crippen molar-refractivity contribution in [2.24, 2.45) is 5.92 Å². The van der Waals surface area contributed by atoms with Crippen LogP contribution in [-0.2, 0) is 4.79 Å². The molecule has 5 heteroatoms. The first kappa shape index (κ1) is 13.3. The highest BCUT2D eigenvalue weighted by molar-refractivity contribution is 9.09. The van der Waals surface area contributed by atoms with Crippen LogP contribution in [0.2, 0.25) is 0 Å². The Bertz CT molecular complexity index is 453. The molecular weight excluding hydrogens is 301 g/mol. The zero-order valence-electron chi connectivity index (χ0n) is 10.2. The van der Waals surface area contributed by atoms with Crippen molar-refractivity contribution in [3.05, 3.63) is 24.0 Å². The summed E-state index contributed by atoms with van der Waals surface area (Å²) in [6, 6.07) is 4.29. The topological polar surface area (TPSA) is 29.5 Å². The quantitative estimate of drug-likeness (QED) is 0.799. The molecule has 0 N–H and O–H groups in total. The van der Waals surface area contributed by atoms with E-state index in [2.05, 4.69) is 15.9 Å². The Morgan fingerprint density at radius 1 is 1.56 bits per heavy atom. The minimum absolute atomic E-state index is 0.0620. The number of nitrogens with zero attached hydrogens (tertiary/aromatic N) is 1. The fourth-order valence-corrected chi connectivity index (χ4v) is 2.53. The van der Waals surface area contributed by atoms with Gasteiger partial charge in [0.2, 0.25) is 5.91 Å². The molecule has 98 valence electrons. The van der Waals surface area contributed by atoms with Crippen LogP contribution >= 0.6 is 15.9 Å². The van der Waals surface area contributed by atoms with Crippen molar-refractivity contribution in [3.63, 3.8) is 0 Å². The number of amides is 1. The first-order valence-electron chi connectivity index (χ1n) is 5.94. The highest BCUT2D eigenvalue weighted by Gasteiger charge is 2.31. The minimum atomic E-state index is -0.356. The van der Waals surface area contributed by atoms with Crippen LogP contribution in [0.1, 0.15) is 13.3 Å². The van der Waals surface area contributed by atoms with E-state index in [9.17, 15) is 9.18 Å². The lowest BCUT2D eigenvalue weighted by Gasteiger charge is -2.20. The summed E-state index contributed by atoms with van der Waals surface area (Å²) in [5.74, 6) is 0.441. The highest BCUT2D eigenvalue weighted by atomic mass is 79.9. The summed E-state index contributed by atoms with van der Waals surface area (Å²) in [4.78, 5) is 13.6. The number of hydrogen-bond donors (Lipinski definition) is 0. The van der Waals surface area contributed by atoms with Crippen LogP contribution in [0.15, 0.2) is 18.2 Å². The van der Waals surface area contributed by atoms with Crippen LogP contribution < -0.4 is 9.64 Å². The molecule has 0 saturated carbocycles. The Labute approximate surface area is 114 Å². The Morgan fingerprint density at radius 2 is 2.33 bits per heavy atom. The van der Waals surface area contributed by atoms with Crippen LogP contribution in [0, 0.1) is 11.7 Å². The third kappa shape index (κ3) is 2.66. The molecule has 1 aliphatic rings. The predicted molar refractivity (Wildman–Crippen MR) is 71.8 cm³/mol. The minimum Gasteiger partial charge on any atom is -0.492 e. The monoisotopic (exact) mass is 315 g/mol. The van der Waals surface area contributed by atoms with Gasteiger partial charge in [0, 0.05) is 24.4 Å². The molecule has 1 aliphatic heterocycles. The molecule has 1 aromatic carbocycles. The van der Waals surface area contributed by atoms with E-state index in [1.54, 1.807) is 11.0 Å². The summed E-state index contributed by atoms with van der Waals surface area (Å²) in [5, 5.41) is 0.792. The Hall–Kier alpha value is -1.10.